The molecule has 2 aromatic heterocycles. The highest BCUT2D eigenvalue weighted by Crippen LogP contribution is 2.31. The Morgan fingerprint density at radius 1 is 1.38 bits per heavy atom. The van der Waals surface area contributed by atoms with Gasteiger partial charge in [0.05, 0.1) is 19.0 Å². The molecule has 4 N–H and O–H groups in total. The van der Waals surface area contributed by atoms with Crippen LogP contribution in [-0.4, -0.2) is 54.6 Å². The number of rotatable bonds is 3. The standard InChI is InChI=1S/C10H12N8O3/c11-8-5-9(14-2-13-8)18(3-15-5)10-7(20)6(19)4(21-10)1-16-17-12/h2-4,6-7,10,19-20H,1H2,(H2,11,13,14)/t4-,6-,7-,10-/m1/s1. The number of azide groups is 1. The number of aromatic nitrogens is 4. The lowest BCUT2D eigenvalue weighted by Gasteiger charge is -2.16. The number of fused-ring (bicyclic) bond motifs is 1. The molecule has 3 heterocycles. The van der Waals surface area contributed by atoms with Gasteiger partial charge in [-0.05, 0) is 5.53 Å². The predicted molar refractivity (Wildman–Crippen MR) is 69.7 cm³/mol. The minimum atomic E-state index is -1.21. The molecule has 1 saturated heterocycles. The fourth-order valence-corrected chi connectivity index (χ4v) is 2.28. The number of aliphatic hydroxyl groups is 2. The SMILES string of the molecule is [N-]=[N+]=NC[C@H]1O[C@@H](n2cnc3c(N)ncnc32)[C@H](O)[C@@H]1O. The first-order valence-electron chi connectivity index (χ1n) is 6.09. The Balaban J connectivity index is 1.95. The lowest BCUT2D eigenvalue weighted by molar-refractivity contribution is -0.0321. The van der Waals surface area contributed by atoms with Gasteiger partial charge in [0, 0.05) is 4.91 Å². The third-order valence-electron chi connectivity index (χ3n) is 3.32. The van der Waals surface area contributed by atoms with Crippen molar-refractivity contribution in [2.45, 2.75) is 24.5 Å². The molecule has 0 bridgehead atoms. The van der Waals surface area contributed by atoms with Crippen molar-refractivity contribution >= 4 is 17.0 Å². The van der Waals surface area contributed by atoms with E-state index in [-0.39, 0.29) is 12.4 Å². The molecule has 3 rings (SSSR count). The summed E-state index contributed by atoms with van der Waals surface area (Å²) in [4.78, 5) is 14.5. The number of nitrogens with zero attached hydrogens (tertiary/aromatic N) is 7. The molecule has 1 aliphatic rings. The van der Waals surface area contributed by atoms with Gasteiger partial charge in [-0.2, -0.15) is 0 Å². The third kappa shape index (κ3) is 2.14. The second kappa shape index (κ2) is 5.14. The number of aliphatic hydroxyl groups excluding tert-OH is 2. The van der Waals surface area contributed by atoms with Gasteiger partial charge in [-0.1, -0.05) is 5.11 Å². The molecule has 2 aromatic rings. The van der Waals surface area contributed by atoms with Gasteiger partial charge in [0.2, 0.25) is 0 Å². The van der Waals surface area contributed by atoms with Crippen LogP contribution in [0.4, 0.5) is 5.82 Å². The molecule has 0 radical (unpaired) electrons. The maximum atomic E-state index is 10.1. The van der Waals surface area contributed by atoms with Crippen LogP contribution in [0.5, 0.6) is 0 Å². The van der Waals surface area contributed by atoms with E-state index < -0.39 is 24.5 Å². The number of anilines is 1. The summed E-state index contributed by atoms with van der Waals surface area (Å²) in [7, 11) is 0. The average molecular weight is 292 g/mol. The molecule has 0 amide bonds. The number of hydrogen-bond donors (Lipinski definition) is 3. The van der Waals surface area contributed by atoms with Gasteiger partial charge in [0.1, 0.15) is 24.1 Å². The first-order valence-corrected chi connectivity index (χ1v) is 6.09. The molecule has 11 nitrogen and oxygen atoms in total. The molecule has 21 heavy (non-hydrogen) atoms. The Kier molecular flexibility index (Phi) is 3.31. The second-order valence-electron chi connectivity index (χ2n) is 4.54. The maximum absolute atomic E-state index is 10.1. The fourth-order valence-electron chi connectivity index (χ4n) is 2.28. The summed E-state index contributed by atoms with van der Waals surface area (Å²) < 4.78 is 6.99. The lowest BCUT2D eigenvalue weighted by Crippen LogP contribution is -2.32. The van der Waals surface area contributed by atoms with E-state index in [1.807, 2.05) is 0 Å². The van der Waals surface area contributed by atoms with Crippen LogP contribution in [0, 0.1) is 0 Å². The average Bonchev–Trinajstić information content (AvgIpc) is 3.02. The van der Waals surface area contributed by atoms with Gasteiger partial charge in [-0.3, -0.25) is 4.57 Å². The zero-order valence-corrected chi connectivity index (χ0v) is 10.7. The summed E-state index contributed by atoms with van der Waals surface area (Å²) in [5.74, 6) is 0.206. The van der Waals surface area contributed by atoms with E-state index in [0.717, 1.165) is 0 Å². The van der Waals surface area contributed by atoms with E-state index in [1.165, 1.54) is 17.2 Å². The van der Waals surface area contributed by atoms with Gasteiger partial charge in [-0.25, -0.2) is 15.0 Å². The second-order valence-corrected chi connectivity index (χ2v) is 4.54. The fraction of sp³-hybridized carbons (Fsp3) is 0.500. The largest absolute Gasteiger partial charge is 0.388 e. The summed E-state index contributed by atoms with van der Waals surface area (Å²) in [6.07, 6.45) is -1.44. The highest BCUT2D eigenvalue weighted by molar-refractivity contribution is 5.81. The molecule has 11 heteroatoms. The topological polar surface area (TPSA) is 168 Å². The van der Waals surface area contributed by atoms with E-state index in [9.17, 15) is 10.2 Å². The first-order chi connectivity index (χ1) is 10.1. The minimum absolute atomic E-state index is 0.0883. The molecule has 1 aliphatic heterocycles. The summed E-state index contributed by atoms with van der Waals surface area (Å²) in [6.45, 7) is -0.0883. The van der Waals surface area contributed by atoms with Crippen molar-refractivity contribution in [3.8, 4) is 0 Å². The van der Waals surface area contributed by atoms with Gasteiger partial charge < -0.3 is 20.7 Å². The van der Waals surface area contributed by atoms with Crippen LogP contribution in [0.15, 0.2) is 17.8 Å². The summed E-state index contributed by atoms with van der Waals surface area (Å²) in [6, 6.07) is 0. The number of nitrogens with two attached hydrogens (primary N) is 1. The van der Waals surface area contributed by atoms with Crippen LogP contribution in [0.2, 0.25) is 0 Å². The highest BCUT2D eigenvalue weighted by Gasteiger charge is 2.43. The number of nitrogen functional groups attached to an aromatic ring is 1. The molecule has 0 aliphatic carbocycles. The zero-order chi connectivity index (χ0) is 15.0. The maximum Gasteiger partial charge on any atom is 0.167 e. The monoisotopic (exact) mass is 292 g/mol. The minimum Gasteiger partial charge on any atom is -0.388 e. The Hall–Kier alpha value is -2.46. The van der Waals surface area contributed by atoms with Crippen molar-refractivity contribution in [2.24, 2.45) is 5.11 Å². The van der Waals surface area contributed by atoms with Gasteiger partial charge in [-0.15, -0.1) is 0 Å². The van der Waals surface area contributed by atoms with Crippen molar-refractivity contribution in [3.05, 3.63) is 23.1 Å². The van der Waals surface area contributed by atoms with Crippen LogP contribution in [0.1, 0.15) is 6.23 Å². The summed E-state index contributed by atoms with van der Waals surface area (Å²) >= 11 is 0. The normalized spacial score (nSPS) is 28.7. The molecule has 0 aromatic carbocycles. The van der Waals surface area contributed by atoms with E-state index >= 15 is 0 Å². The predicted octanol–water partition coefficient (Wildman–Crippen LogP) is -0.662. The molecule has 1 fully saturated rings. The molecule has 4 atom stereocenters. The van der Waals surface area contributed by atoms with Crippen molar-refractivity contribution in [1.82, 2.24) is 19.5 Å². The molecular weight excluding hydrogens is 280 g/mol. The summed E-state index contributed by atoms with van der Waals surface area (Å²) in [5, 5.41) is 23.4. The van der Waals surface area contributed by atoms with Crippen LogP contribution in [0.3, 0.4) is 0 Å². The molecule has 0 saturated carbocycles. The van der Waals surface area contributed by atoms with Gasteiger partial charge in [0.25, 0.3) is 0 Å². The molecule has 0 spiro atoms. The van der Waals surface area contributed by atoms with E-state index in [4.69, 9.17) is 16.0 Å². The Labute approximate surface area is 117 Å². The zero-order valence-electron chi connectivity index (χ0n) is 10.7. The van der Waals surface area contributed by atoms with Crippen LogP contribution in [-0.2, 0) is 4.74 Å². The smallest absolute Gasteiger partial charge is 0.167 e. The van der Waals surface area contributed by atoms with Crippen molar-refractivity contribution in [3.63, 3.8) is 0 Å². The number of imidazole rings is 1. The van der Waals surface area contributed by atoms with E-state index in [0.29, 0.717) is 11.2 Å². The van der Waals surface area contributed by atoms with Crippen LogP contribution < -0.4 is 5.73 Å². The Bertz CT molecular complexity index is 711. The molecule has 0 unspecified atom stereocenters. The van der Waals surface area contributed by atoms with E-state index in [1.54, 1.807) is 0 Å². The Morgan fingerprint density at radius 2 is 2.19 bits per heavy atom. The van der Waals surface area contributed by atoms with Crippen LogP contribution >= 0.6 is 0 Å². The van der Waals surface area contributed by atoms with Crippen molar-refractivity contribution in [2.75, 3.05) is 12.3 Å². The Morgan fingerprint density at radius 3 is 2.95 bits per heavy atom. The van der Waals surface area contributed by atoms with E-state index in [2.05, 4.69) is 25.0 Å². The summed E-state index contributed by atoms with van der Waals surface area (Å²) in [5.41, 5.74) is 14.8. The lowest BCUT2D eigenvalue weighted by atomic mass is 10.1. The number of ether oxygens (including phenoxy) is 1. The van der Waals surface area contributed by atoms with Crippen molar-refractivity contribution in [1.29, 1.82) is 0 Å². The molecular formula is C10H12N8O3. The third-order valence-corrected chi connectivity index (χ3v) is 3.32. The molecule has 110 valence electrons. The van der Waals surface area contributed by atoms with Crippen LogP contribution in [0.25, 0.3) is 21.6 Å². The first kappa shape index (κ1) is 13.5. The highest BCUT2D eigenvalue weighted by atomic mass is 16.6. The quantitative estimate of drug-likeness (QED) is 0.383. The number of hydrogen-bond acceptors (Lipinski definition) is 8. The van der Waals surface area contributed by atoms with Gasteiger partial charge in [0.15, 0.2) is 17.7 Å². The van der Waals surface area contributed by atoms with Gasteiger partial charge >= 0.3 is 0 Å². The van der Waals surface area contributed by atoms with Crippen molar-refractivity contribution < 1.29 is 14.9 Å².